The third-order valence-electron chi connectivity index (χ3n) is 3.56. The van der Waals surface area contributed by atoms with Gasteiger partial charge in [-0.3, -0.25) is 0 Å². The molecule has 0 heterocycles. The molecule has 1 aromatic rings. The quantitative estimate of drug-likeness (QED) is 0.607. The molecule has 0 aliphatic heterocycles. The minimum absolute atomic E-state index is 0.278. The molecule has 18 heavy (non-hydrogen) atoms. The number of hydrogen-bond acceptors (Lipinski definition) is 2. The van der Waals surface area contributed by atoms with Crippen molar-refractivity contribution in [2.75, 3.05) is 0 Å². The molecule has 97 valence electrons. The topological polar surface area (TPSA) is 50.1 Å². The van der Waals surface area contributed by atoms with E-state index >= 15 is 0 Å². The van der Waals surface area contributed by atoms with Crippen molar-refractivity contribution in [2.45, 2.75) is 50.7 Å². The van der Waals surface area contributed by atoms with Crippen LogP contribution in [-0.4, -0.2) is 11.5 Å². The fraction of sp³-hybridized carbons (Fsp3) is 0.533. The van der Waals surface area contributed by atoms with Crippen molar-refractivity contribution >= 4 is 5.97 Å². The van der Waals surface area contributed by atoms with Crippen LogP contribution < -0.4 is 5.73 Å². The number of carbonyl (C=O) groups excluding carboxylic acids is 1. The standard InChI is InChI=1S/C15H20NO2/c16-15(10-6-1-2-7-11-15)14(17)18-12-13-8-4-3-5-9-13/h3-5,8-9,16H,1-2,6-7,10-12H2. The van der Waals surface area contributed by atoms with Crippen molar-refractivity contribution in [2.24, 2.45) is 0 Å². The van der Waals surface area contributed by atoms with E-state index in [-0.39, 0.29) is 12.6 Å². The summed E-state index contributed by atoms with van der Waals surface area (Å²) >= 11 is 0. The van der Waals surface area contributed by atoms with Crippen LogP contribution in [0.5, 0.6) is 0 Å². The van der Waals surface area contributed by atoms with Crippen LogP contribution in [0.3, 0.4) is 0 Å². The van der Waals surface area contributed by atoms with E-state index in [4.69, 9.17) is 10.5 Å². The molecular weight excluding hydrogens is 226 g/mol. The lowest BCUT2D eigenvalue weighted by atomic mass is 9.92. The maximum Gasteiger partial charge on any atom is 0.327 e. The van der Waals surface area contributed by atoms with Gasteiger partial charge in [0, 0.05) is 0 Å². The third-order valence-corrected chi connectivity index (χ3v) is 3.56. The lowest BCUT2D eigenvalue weighted by Crippen LogP contribution is -2.41. The van der Waals surface area contributed by atoms with Gasteiger partial charge in [0.1, 0.15) is 12.1 Å². The minimum Gasteiger partial charge on any atom is -0.459 e. The van der Waals surface area contributed by atoms with Gasteiger partial charge in [0.15, 0.2) is 0 Å². The van der Waals surface area contributed by atoms with Crippen LogP contribution in [0.15, 0.2) is 30.3 Å². The van der Waals surface area contributed by atoms with Crippen LogP contribution in [0.2, 0.25) is 0 Å². The molecule has 1 radical (unpaired) electrons. The first-order chi connectivity index (χ1) is 8.71. The first-order valence-corrected chi connectivity index (χ1v) is 6.67. The number of hydrogen-bond donors (Lipinski definition) is 0. The van der Waals surface area contributed by atoms with Crippen LogP contribution in [0.25, 0.3) is 0 Å². The summed E-state index contributed by atoms with van der Waals surface area (Å²) in [5, 5.41) is 0. The van der Waals surface area contributed by atoms with Gasteiger partial charge in [-0.15, -0.1) is 0 Å². The highest BCUT2D eigenvalue weighted by Crippen LogP contribution is 2.27. The predicted molar refractivity (Wildman–Crippen MR) is 69.8 cm³/mol. The average molecular weight is 246 g/mol. The summed E-state index contributed by atoms with van der Waals surface area (Å²) in [6, 6.07) is 9.63. The molecule has 1 saturated carbocycles. The summed E-state index contributed by atoms with van der Waals surface area (Å²) in [5.74, 6) is -0.353. The highest BCUT2D eigenvalue weighted by Gasteiger charge is 2.36. The average Bonchev–Trinajstić information content (AvgIpc) is 2.63. The molecule has 0 amide bonds. The van der Waals surface area contributed by atoms with Crippen LogP contribution >= 0.6 is 0 Å². The molecule has 0 spiro atoms. The van der Waals surface area contributed by atoms with E-state index in [1.165, 1.54) is 0 Å². The Morgan fingerprint density at radius 3 is 2.33 bits per heavy atom. The van der Waals surface area contributed by atoms with Crippen LogP contribution in [0.4, 0.5) is 0 Å². The van der Waals surface area contributed by atoms with E-state index in [1.54, 1.807) is 0 Å². The van der Waals surface area contributed by atoms with Crippen LogP contribution in [-0.2, 0) is 16.1 Å². The molecule has 0 atom stereocenters. The second-order valence-electron chi connectivity index (χ2n) is 5.06. The van der Waals surface area contributed by atoms with Gasteiger partial charge in [-0.05, 0) is 18.4 Å². The first kappa shape index (κ1) is 13.1. The summed E-state index contributed by atoms with van der Waals surface area (Å²) in [6.07, 6.45) is 5.47. The van der Waals surface area contributed by atoms with E-state index in [2.05, 4.69) is 0 Å². The summed E-state index contributed by atoms with van der Waals surface area (Å²) in [7, 11) is 0. The Labute approximate surface area is 108 Å². The maximum atomic E-state index is 12.0. The third kappa shape index (κ3) is 3.33. The van der Waals surface area contributed by atoms with Crippen LogP contribution in [0, 0.1) is 0 Å². The Morgan fingerprint density at radius 2 is 1.72 bits per heavy atom. The fourth-order valence-electron chi connectivity index (χ4n) is 2.40. The van der Waals surface area contributed by atoms with E-state index in [0.717, 1.165) is 31.2 Å². The van der Waals surface area contributed by atoms with Gasteiger partial charge in [0.25, 0.3) is 0 Å². The molecule has 1 aliphatic rings. The van der Waals surface area contributed by atoms with Gasteiger partial charge in [-0.1, -0.05) is 56.0 Å². The monoisotopic (exact) mass is 246 g/mol. The van der Waals surface area contributed by atoms with Gasteiger partial charge in [0.05, 0.1) is 0 Å². The Morgan fingerprint density at radius 1 is 1.11 bits per heavy atom. The normalized spacial score (nSPS) is 18.9. The smallest absolute Gasteiger partial charge is 0.327 e. The lowest BCUT2D eigenvalue weighted by Gasteiger charge is -2.24. The first-order valence-electron chi connectivity index (χ1n) is 6.67. The maximum absolute atomic E-state index is 12.0. The van der Waals surface area contributed by atoms with Crippen molar-refractivity contribution in [1.82, 2.24) is 5.73 Å². The highest BCUT2D eigenvalue weighted by atomic mass is 16.5. The summed E-state index contributed by atoms with van der Waals surface area (Å²) < 4.78 is 5.30. The van der Waals surface area contributed by atoms with E-state index in [0.29, 0.717) is 12.8 Å². The summed E-state index contributed by atoms with van der Waals surface area (Å²) in [6.45, 7) is 0.278. The second kappa shape index (κ2) is 6.01. The summed E-state index contributed by atoms with van der Waals surface area (Å²) in [4.78, 5) is 12.0. The second-order valence-corrected chi connectivity index (χ2v) is 5.06. The number of rotatable bonds is 3. The highest BCUT2D eigenvalue weighted by molar-refractivity contribution is 5.80. The molecule has 1 aromatic carbocycles. The largest absolute Gasteiger partial charge is 0.459 e. The van der Waals surface area contributed by atoms with Gasteiger partial charge >= 0.3 is 5.97 Å². The molecular formula is C15H20NO2. The zero-order valence-corrected chi connectivity index (χ0v) is 10.7. The van der Waals surface area contributed by atoms with Crippen molar-refractivity contribution in [3.05, 3.63) is 35.9 Å². The minimum atomic E-state index is -1.01. The Kier molecular flexibility index (Phi) is 4.37. The number of ether oxygens (including phenoxy) is 1. The molecule has 0 unspecified atom stereocenters. The Hall–Kier alpha value is -1.35. The number of benzene rings is 1. The van der Waals surface area contributed by atoms with Gasteiger partial charge in [-0.2, -0.15) is 0 Å². The number of nitrogens with one attached hydrogen (secondary N) is 1. The molecule has 2 rings (SSSR count). The molecule has 1 N–H and O–H groups in total. The molecule has 3 heteroatoms. The van der Waals surface area contributed by atoms with Crippen LogP contribution in [0.1, 0.15) is 44.1 Å². The molecule has 0 bridgehead atoms. The van der Waals surface area contributed by atoms with Gasteiger partial charge in [-0.25, -0.2) is 10.5 Å². The molecule has 0 saturated heterocycles. The zero-order chi connectivity index (χ0) is 12.8. The predicted octanol–water partition coefficient (Wildman–Crippen LogP) is 3.11. The van der Waals surface area contributed by atoms with E-state index in [1.807, 2.05) is 30.3 Å². The Bertz CT molecular complexity index is 381. The van der Waals surface area contributed by atoms with Gasteiger partial charge < -0.3 is 4.74 Å². The van der Waals surface area contributed by atoms with Crippen molar-refractivity contribution in [1.29, 1.82) is 0 Å². The Balaban J connectivity index is 1.90. The van der Waals surface area contributed by atoms with Crippen molar-refractivity contribution < 1.29 is 9.53 Å². The zero-order valence-electron chi connectivity index (χ0n) is 10.7. The van der Waals surface area contributed by atoms with Crippen molar-refractivity contribution in [3.8, 4) is 0 Å². The summed E-state index contributed by atoms with van der Waals surface area (Å²) in [5.41, 5.74) is 8.22. The molecule has 3 nitrogen and oxygen atoms in total. The van der Waals surface area contributed by atoms with Gasteiger partial charge in [0.2, 0.25) is 0 Å². The SMILES string of the molecule is [NH]C1(C(=O)OCc2ccccc2)CCCCCC1. The fourth-order valence-corrected chi connectivity index (χ4v) is 2.40. The number of carbonyl (C=O) groups is 1. The lowest BCUT2D eigenvalue weighted by molar-refractivity contribution is -0.152. The van der Waals surface area contributed by atoms with E-state index in [9.17, 15) is 4.79 Å². The molecule has 1 fully saturated rings. The van der Waals surface area contributed by atoms with Crippen molar-refractivity contribution in [3.63, 3.8) is 0 Å². The number of esters is 1. The van der Waals surface area contributed by atoms with E-state index < -0.39 is 5.54 Å². The molecule has 1 aliphatic carbocycles. The molecule has 0 aromatic heterocycles.